The Morgan fingerprint density at radius 2 is 1.76 bits per heavy atom. The summed E-state index contributed by atoms with van der Waals surface area (Å²) < 4.78 is 5.68. The highest BCUT2D eigenvalue weighted by Gasteiger charge is 1.98. The van der Waals surface area contributed by atoms with E-state index in [0.29, 0.717) is 13.2 Å². The van der Waals surface area contributed by atoms with Crippen LogP contribution >= 0.6 is 11.6 Å². The van der Waals surface area contributed by atoms with E-state index in [0.717, 1.165) is 21.9 Å². The maximum Gasteiger partial charge on any atom is 0.120 e. The average molecular weight is 248 g/mol. The minimum absolute atomic E-state index is 0.509. The molecule has 3 heteroatoms. The summed E-state index contributed by atoms with van der Waals surface area (Å²) in [6, 6.07) is 15.4. The fourth-order valence-electron chi connectivity index (χ4n) is 1.56. The molecule has 0 amide bonds. The fourth-order valence-corrected chi connectivity index (χ4v) is 1.77. The lowest BCUT2D eigenvalue weighted by molar-refractivity contribution is 0.306. The van der Waals surface area contributed by atoms with Gasteiger partial charge in [0.25, 0.3) is 0 Å². The van der Waals surface area contributed by atoms with E-state index in [9.17, 15) is 0 Å². The number of hydrogen-bond donors (Lipinski definition) is 1. The number of nitrogens with two attached hydrogens (primary N) is 1. The molecule has 0 heterocycles. The summed E-state index contributed by atoms with van der Waals surface area (Å²) in [7, 11) is 0. The smallest absolute Gasteiger partial charge is 0.120 e. The van der Waals surface area contributed by atoms with Gasteiger partial charge >= 0.3 is 0 Å². The quantitative estimate of drug-likeness (QED) is 0.899. The molecule has 0 fully saturated rings. The van der Waals surface area contributed by atoms with Crippen LogP contribution in [0.3, 0.4) is 0 Å². The summed E-state index contributed by atoms with van der Waals surface area (Å²) in [5, 5.41) is 0.724. The van der Waals surface area contributed by atoms with Crippen LogP contribution in [-0.4, -0.2) is 0 Å². The van der Waals surface area contributed by atoms with Gasteiger partial charge < -0.3 is 10.5 Å². The van der Waals surface area contributed by atoms with Gasteiger partial charge in [-0.05, 0) is 35.4 Å². The molecular formula is C14H14ClNO. The average Bonchev–Trinajstić information content (AvgIpc) is 2.37. The van der Waals surface area contributed by atoms with E-state index < -0.39 is 0 Å². The van der Waals surface area contributed by atoms with Crippen molar-refractivity contribution in [3.8, 4) is 5.75 Å². The molecule has 2 N–H and O–H groups in total. The Hall–Kier alpha value is -1.51. The van der Waals surface area contributed by atoms with Gasteiger partial charge in [0.05, 0.1) is 0 Å². The van der Waals surface area contributed by atoms with E-state index in [1.807, 2.05) is 48.5 Å². The van der Waals surface area contributed by atoms with E-state index in [1.165, 1.54) is 0 Å². The largest absolute Gasteiger partial charge is 0.489 e. The summed E-state index contributed by atoms with van der Waals surface area (Å²) in [5.74, 6) is 0.827. The lowest BCUT2D eigenvalue weighted by Gasteiger charge is -2.07. The molecule has 2 nitrogen and oxygen atoms in total. The Bertz CT molecular complexity index is 499. The lowest BCUT2D eigenvalue weighted by Crippen LogP contribution is -1.98. The Morgan fingerprint density at radius 1 is 1.00 bits per heavy atom. The van der Waals surface area contributed by atoms with Crippen LogP contribution in [0, 0.1) is 0 Å². The molecule has 0 aliphatic heterocycles. The van der Waals surface area contributed by atoms with Gasteiger partial charge in [-0.2, -0.15) is 0 Å². The van der Waals surface area contributed by atoms with Gasteiger partial charge in [0.2, 0.25) is 0 Å². The monoisotopic (exact) mass is 247 g/mol. The molecule has 0 radical (unpaired) electrons. The first kappa shape index (κ1) is 12.0. The van der Waals surface area contributed by atoms with Crippen LogP contribution < -0.4 is 10.5 Å². The van der Waals surface area contributed by atoms with Crippen molar-refractivity contribution < 1.29 is 4.74 Å². The molecule has 2 rings (SSSR count). The van der Waals surface area contributed by atoms with E-state index in [-0.39, 0.29) is 0 Å². The third kappa shape index (κ3) is 3.48. The summed E-state index contributed by atoms with van der Waals surface area (Å²) in [4.78, 5) is 0. The minimum Gasteiger partial charge on any atom is -0.489 e. The summed E-state index contributed by atoms with van der Waals surface area (Å²) in [6.45, 7) is 1.03. The molecule has 0 saturated heterocycles. The van der Waals surface area contributed by atoms with Crippen molar-refractivity contribution in [3.05, 3.63) is 64.7 Å². The maximum atomic E-state index is 5.90. The number of rotatable bonds is 4. The molecule has 0 aliphatic carbocycles. The van der Waals surface area contributed by atoms with Crippen molar-refractivity contribution >= 4 is 11.6 Å². The molecule has 0 unspecified atom stereocenters. The second-order valence-electron chi connectivity index (χ2n) is 3.77. The third-order valence-electron chi connectivity index (χ3n) is 2.43. The Kier molecular flexibility index (Phi) is 4.02. The van der Waals surface area contributed by atoms with Crippen LogP contribution in [0.1, 0.15) is 11.1 Å². The molecular weight excluding hydrogens is 234 g/mol. The second-order valence-corrected chi connectivity index (χ2v) is 4.21. The minimum atomic E-state index is 0.509. The highest BCUT2D eigenvalue weighted by atomic mass is 35.5. The lowest BCUT2D eigenvalue weighted by atomic mass is 10.2. The Balaban J connectivity index is 2.02. The molecule has 0 spiro atoms. The fraction of sp³-hybridized carbons (Fsp3) is 0.143. The molecule has 0 aromatic heterocycles. The van der Waals surface area contributed by atoms with Crippen LogP contribution in [0.15, 0.2) is 48.5 Å². The van der Waals surface area contributed by atoms with E-state index >= 15 is 0 Å². The van der Waals surface area contributed by atoms with Crippen molar-refractivity contribution in [3.63, 3.8) is 0 Å². The van der Waals surface area contributed by atoms with E-state index in [1.54, 1.807) is 0 Å². The van der Waals surface area contributed by atoms with Gasteiger partial charge in [-0.3, -0.25) is 0 Å². The molecule has 0 saturated carbocycles. The van der Waals surface area contributed by atoms with Gasteiger partial charge in [0, 0.05) is 11.6 Å². The molecule has 2 aromatic rings. The van der Waals surface area contributed by atoms with Gasteiger partial charge in [-0.15, -0.1) is 0 Å². The topological polar surface area (TPSA) is 35.2 Å². The van der Waals surface area contributed by atoms with Gasteiger partial charge in [0.1, 0.15) is 12.4 Å². The third-order valence-corrected chi connectivity index (χ3v) is 2.66. The molecule has 0 aliphatic rings. The first-order valence-electron chi connectivity index (χ1n) is 5.44. The Morgan fingerprint density at radius 3 is 2.53 bits per heavy atom. The first-order chi connectivity index (χ1) is 8.28. The summed E-state index contributed by atoms with van der Waals surface area (Å²) in [5.41, 5.74) is 7.69. The highest BCUT2D eigenvalue weighted by molar-refractivity contribution is 6.30. The zero-order valence-electron chi connectivity index (χ0n) is 9.40. The summed E-state index contributed by atoms with van der Waals surface area (Å²) in [6.07, 6.45) is 0. The molecule has 0 atom stereocenters. The predicted molar refractivity (Wildman–Crippen MR) is 70.1 cm³/mol. The first-order valence-corrected chi connectivity index (χ1v) is 5.82. The van der Waals surface area contributed by atoms with Crippen LogP contribution in [0.2, 0.25) is 5.02 Å². The van der Waals surface area contributed by atoms with Crippen molar-refractivity contribution in [2.45, 2.75) is 13.2 Å². The van der Waals surface area contributed by atoms with Crippen molar-refractivity contribution in [1.82, 2.24) is 0 Å². The molecule has 88 valence electrons. The summed E-state index contributed by atoms with van der Waals surface area (Å²) >= 11 is 5.90. The SMILES string of the molecule is NCc1cccc(OCc2cccc(Cl)c2)c1. The van der Waals surface area contributed by atoms with Crippen molar-refractivity contribution in [1.29, 1.82) is 0 Å². The number of hydrogen-bond acceptors (Lipinski definition) is 2. The van der Waals surface area contributed by atoms with Crippen LogP contribution in [0.4, 0.5) is 0 Å². The van der Waals surface area contributed by atoms with Gasteiger partial charge in [0.15, 0.2) is 0 Å². The van der Waals surface area contributed by atoms with Crippen LogP contribution in [-0.2, 0) is 13.2 Å². The van der Waals surface area contributed by atoms with Gasteiger partial charge in [-0.25, -0.2) is 0 Å². The zero-order chi connectivity index (χ0) is 12.1. The number of benzene rings is 2. The predicted octanol–water partition coefficient (Wildman–Crippen LogP) is 3.38. The van der Waals surface area contributed by atoms with Crippen molar-refractivity contribution in [2.75, 3.05) is 0 Å². The van der Waals surface area contributed by atoms with Crippen molar-refractivity contribution in [2.24, 2.45) is 5.73 Å². The molecule has 2 aromatic carbocycles. The maximum absolute atomic E-state index is 5.90. The number of ether oxygens (including phenoxy) is 1. The number of halogens is 1. The second kappa shape index (κ2) is 5.71. The Labute approximate surface area is 106 Å². The normalized spacial score (nSPS) is 10.2. The van der Waals surface area contributed by atoms with Gasteiger partial charge in [-0.1, -0.05) is 35.9 Å². The van der Waals surface area contributed by atoms with E-state index in [2.05, 4.69) is 0 Å². The molecule has 17 heavy (non-hydrogen) atoms. The van der Waals surface area contributed by atoms with Crippen LogP contribution in [0.25, 0.3) is 0 Å². The van der Waals surface area contributed by atoms with Crippen LogP contribution in [0.5, 0.6) is 5.75 Å². The standard InChI is InChI=1S/C14H14ClNO/c15-13-5-1-4-12(7-13)10-17-14-6-2-3-11(8-14)9-16/h1-8H,9-10,16H2. The zero-order valence-corrected chi connectivity index (χ0v) is 10.2. The highest BCUT2D eigenvalue weighted by Crippen LogP contribution is 2.16. The van der Waals surface area contributed by atoms with E-state index in [4.69, 9.17) is 22.1 Å². The molecule has 0 bridgehead atoms.